The van der Waals surface area contributed by atoms with Crippen molar-refractivity contribution < 1.29 is 14.3 Å². The number of hydrogen-bond donors (Lipinski definition) is 1. The van der Waals surface area contributed by atoms with Crippen LogP contribution < -0.4 is 15.0 Å². The Hall–Kier alpha value is -3.13. The van der Waals surface area contributed by atoms with E-state index in [1.165, 1.54) is 23.3 Å². The monoisotopic (exact) mass is 399 g/mol. The van der Waals surface area contributed by atoms with Crippen molar-refractivity contribution in [3.63, 3.8) is 0 Å². The number of rotatable bonds is 7. The third-order valence-electron chi connectivity index (χ3n) is 4.26. The number of carbonyl (C=O) groups is 1. The molecule has 0 spiro atoms. The Morgan fingerprint density at radius 2 is 2.14 bits per heavy atom. The smallest absolute Gasteiger partial charge is 0.268 e. The zero-order valence-corrected chi connectivity index (χ0v) is 16.8. The van der Waals surface area contributed by atoms with Gasteiger partial charge in [-0.3, -0.25) is 9.59 Å². The number of ether oxygens (including phenoxy) is 2. The maximum atomic E-state index is 13.0. The Labute approximate surface area is 166 Å². The topological polar surface area (TPSA) is 84.5 Å². The summed E-state index contributed by atoms with van der Waals surface area (Å²) in [6.45, 7) is 3.92. The average Bonchev–Trinajstić information content (AvgIpc) is 3.16. The van der Waals surface area contributed by atoms with Gasteiger partial charge in [-0.1, -0.05) is 6.08 Å². The van der Waals surface area contributed by atoms with Gasteiger partial charge in [-0.25, -0.2) is 4.98 Å². The van der Waals surface area contributed by atoms with E-state index >= 15 is 0 Å². The lowest BCUT2D eigenvalue weighted by Gasteiger charge is -2.19. The molecule has 0 aliphatic heterocycles. The van der Waals surface area contributed by atoms with E-state index in [4.69, 9.17) is 9.47 Å². The number of hydrogen-bond acceptors (Lipinski definition) is 6. The molecule has 0 aliphatic rings. The summed E-state index contributed by atoms with van der Waals surface area (Å²) in [6.07, 6.45) is 2.27. The van der Waals surface area contributed by atoms with Gasteiger partial charge in [0.25, 0.3) is 11.5 Å². The number of H-pyrrole nitrogens is 1. The molecule has 1 aromatic carbocycles. The minimum absolute atomic E-state index is 0.172. The van der Waals surface area contributed by atoms with Crippen molar-refractivity contribution in [2.75, 3.05) is 21.3 Å². The van der Waals surface area contributed by atoms with Gasteiger partial charge in [-0.05, 0) is 30.0 Å². The van der Waals surface area contributed by atoms with E-state index < -0.39 is 0 Å². The van der Waals surface area contributed by atoms with E-state index in [9.17, 15) is 9.59 Å². The summed E-state index contributed by atoms with van der Waals surface area (Å²) < 4.78 is 11.4. The molecule has 0 aliphatic carbocycles. The molecule has 28 heavy (non-hydrogen) atoms. The highest BCUT2D eigenvalue weighted by atomic mass is 32.1. The minimum atomic E-state index is -0.223. The van der Waals surface area contributed by atoms with Crippen LogP contribution in [0.2, 0.25) is 0 Å². The molecule has 0 radical (unpaired) electrons. The third kappa shape index (κ3) is 3.77. The van der Waals surface area contributed by atoms with E-state index in [2.05, 4.69) is 16.5 Å². The lowest BCUT2D eigenvalue weighted by Crippen LogP contribution is -2.28. The number of methoxy groups -OCH3 is 2. The molecule has 8 heteroatoms. The average molecular weight is 399 g/mol. The number of aromatic amines is 1. The summed E-state index contributed by atoms with van der Waals surface area (Å²) in [5.74, 6) is 1.26. The maximum Gasteiger partial charge on any atom is 0.268 e. The number of benzene rings is 1. The van der Waals surface area contributed by atoms with Gasteiger partial charge in [0.15, 0.2) is 11.5 Å². The van der Waals surface area contributed by atoms with Gasteiger partial charge >= 0.3 is 0 Å². The van der Waals surface area contributed by atoms with Crippen molar-refractivity contribution in [3.8, 4) is 11.5 Å². The minimum Gasteiger partial charge on any atom is -0.493 e. The molecule has 1 N–H and O–H groups in total. The summed E-state index contributed by atoms with van der Waals surface area (Å²) in [4.78, 5) is 33.7. The molecule has 0 unspecified atom stereocenters. The second-order valence-corrected chi connectivity index (χ2v) is 7.09. The van der Waals surface area contributed by atoms with Crippen LogP contribution in [0.1, 0.15) is 21.7 Å². The lowest BCUT2D eigenvalue weighted by molar-refractivity contribution is 0.0781. The zero-order chi connectivity index (χ0) is 20.3. The molecule has 3 aromatic rings. The fourth-order valence-electron chi connectivity index (χ4n) is 2.99. The third-order valence-corrected chi connectivity index (χ3v) is 5.17. The van der Waals surface area contributed by atoms with Gasteiger partial charge in [0.05, 0.1) is 26.3 Å². The maximum absolute atomic E-state index is 13.0. The van der Waals surface area contributed by atoms with Crippen LogP contribution >= 0.6 is 11.3 Å². The summed E-state index contributed by atoms with van der Waals surface area (Å²) >= 11 is 1.34. The molecule has 2 heterocycles. The predicted octanol–water partition coefficient (Wildman–Crippen LogP) is 3.00. The highest BCUT2D eigenvalue weighted by Gasteiger charge is 2.19. The van der Waals surface area contributed by atoms with Gasteiger partial charge in [0.1, 0.15) is 10.5 Å². The first-order chi connectivity index (χ1) is 13.5. The van der Waals surface area contributed by atoms with Crippen LogP contribution in [-0.4, -0.2) is 42.0 Å². The summed E-state index contributed by atoms with van der Waals surface area (Å²) in [5.41, 5.74) is 1.69. The normalized spacial score (nSPS) is 10.7. The second-order valence-electron chi connectivity index (χ2n) is 6.17. The Morgan fingerprint density at radius 1 is 1.36 bits per heavy atom. The molecule has 0 saturated carbocycles. The summed E-state index contributed by atoms with van der Waals surface area (Å²) in [7, 11) is 4.74. The summed E-state index contributed by atoms with van der Waals surface area (Å²) in [5, 5.41) is 1.82. The highest BCUT2D eigenvalue weighted by Crippen LogP contribution is 2.33. The first kappa shape index (κ1) is 19.6. The number of fused-ring (bicyclic) bond motifs is 1. The first-order valence-electron chi connectivity index (χ1n) is 8.56. The van der Waals surface area contributed by atoms with Crippen molar-refractivity contribution >= 4 is 27.5 Å². The Morgan fingerprint density at radius 3 is 2.82 bits per heavy atom. The molecular weight excluding hydrogens is 378 g/mol. The quantitative estimate of drug-likeness (QED) is 0.618. The number of amides is 1. The van der Waals surface area contributed by atoms with Gasteiger partial charge in [0.2, 0.25) is 0 Å². The van der Waals surface area contributed by atoms with Crippen molar-refractivity contribution in [1.82, 2.24) is 14.9 Å². The SMILES string of the molecule is C=CCc1cc(C(=O)N(C)Cc2nc3ccsc3c(=O)[nH]2)cc(OC)c1OC. The standard InChI is InChI=1S/C20H21N3O4S/c1-5-6-12-9-13(10-15(26-3)17(12)27-4)20(25)23(2)11-16-21-14-7-8-28-18(14)19(24)22-16/h5,7-10H,1,6,11H2,2-4H3,(H,21,22,24). The highest BCUT2D eigenvalue weighted by molar-refractivity contribution is 7.17. The lowest BCUT2D eigenvalue weighted by atomic mass is 10.0. The van der Waals surface area contributed by atoms with Crippen LogP contribution in [0.5, 0.6) is 11.5 Å². The Bertz CT molecular complexity index is 1090. The first-order valence-corrected chi connectivity index (χ1v) is 9.44. The summed E-state index contributed by atoms with van der Waals surface area (Å²) in [6, 6.07) is 5.19. The zero-order valence-electron chi connectivity index (χ0n) is 15.9. The number of nitrogens with zero attached hydrogens (tertiary/aromatic N) is 2. The fourth-order valence-corrected chi connectivity index (χ4v) is 3.71. The molecule has 0 bridgehead atoms. The molecule has 0 fully saturated rings. The van der Waals surface area contributed by atoms with Gasteiger partial charge in [-0.2, -0.15) is 0 Å². The largest absolute Gasteiger partial charge is 0.493 e. The molecule has 0 atom stereocenters. The number of allylic oxidation sites excluding steroid dienone is 1. The van der Waals surface area contributed by atoms with Gasteiger partial charge in [-0.15, -0.1) is 17.9 Å². The van der Waals surface area contributed by atoms with Crippen molar-refractivity contribution in [3.05, 3.63) is 63.5 Å². The van der Waals surface area contributed by atoms with E-state index in [-0.39, 0.29) is 18.0 Å². The van der Waals surface area contributed by atoms with E-state index in [1.807, 2.05) is 5.38 Å². The van der Waals surface area contributed by atoms with E-state index in [1.54, 1.807) is 38.4 Å². The molecule has 146 valence electrons. The molecule has 3 rings (SSSR count). The molecule has 0 saturated heterocycles. The van der Waals surface area contributed by atoms with E-state index in [0.717, 1.165) is 5.56 Å². The van der Waals surface area contributed by atoms with Crippen molar-refractivity contribution in [1.29, 1.82) is 0 Å². The van der Waals surface area contributed by atoms with E-state index in [0.29, 0.717) is 39.5 Å². The van der Waals surface area contributed by atoms with Crippen LogP contribution in [0.25, 0.3) is 10.2 Å². The Balaban J connectivity index is 1.90. The molecule has 7 nitrogen and oxygen atoms in total. The van der Waals surface area contributed by atoms with Crippen LogP contribution in [0.3, 0.4) is 0 Å². The molecule has 1 amide bonds. The van der Waals surface area contributed by atoms with Gasteiger partial charge in [0, 0.05) is 18.2 Å². The Kier molecular flexibility index (Phi) is 5.79. The number of thiophene rings is 1. The van der Waals surface area contributed by atoms with Crippen LogP contribution in [0, 0.1) is 0 Å². The number of carbonyl (C=O) groups excluding carboxylic acids is 1. The fraction of sp³-hybridized carbons (Fsp3) is 0.250. The molecule has 2 aromatic heterocycles. The van der Waals surface area contributed by atoms with Crippen LogP contribution in [-0.2, 0) is 13.0 Å². The van der Waals surface area contributed by atoms with Crippen molar-refractivity contribution in [2.24, 2.45) is 0 Å². The predicted molar refractivity (Wildman–Crippen MR) is 109 cm³/mol. The number of aromatic nitrogens is 2. The molecular formula is C20H21N3O4S. The van der Waals surface area contributed by atoms with Crippen LogP contribution in [0.15, 0.2) is 41.0 Å². The second kappa shape index (κ2) is 8.26. The van der Waals surface area contributed by atoms with Gasteiger partial charge < -0.3 is 19.4 Å². The number of nitrogens with one attached hydrogen (secondary N) is 1. The van der Waals surface area contributed by atoms with Crippen LogP contribution in [0.4, 0.5) is 0 Å². The van der Waals surface area contributed by atoms with Crippen molar-refractivity contribution in [2.45, 2.75) is 13.0 Å².